The second kappa shape index (κ2) is 6.18. The molecule has 0 aliphatic carbocycles. The summed E-state index contributed by atoms with van der Waals surface area (Å²) < 4.78 is 43.8. The maximum Gasteiger partial charge on any atom is 0.416 e. The maximum atomic E-state index is 12.8. The first-order chi connectivity index (χ1) is 9.40. The number of anilines is 1. The predicted octanol–water partition coefficient (Wildman–Crippen LogP) is 3.76. The van der Waals surface area contributed by atoms with Crippen molar-refractivity contribution in [2.45, 2.75) is 32.0 Å². The number of hydrogen-bond donors (Lipinski definition) is 0. The van der Waals surface area contributed by atoms with Crippen LogP contribution in [0.4, 0.5) is 19.0 Å². The van der Waals surface area contributed by atoms with Crippen molar-refractivity contribution >= 4 is 17.4 Å². The third-order valence-electron chi connectivity index (χ3n) is 3.28. The number of nitrogens with zero attached hydrogens (tertiary/aromatic N) is 2. The summed E-state index contributed by atoms with van der Waals surface area (Å²) in [4.78, 5) is 5.81. The lowest BCUT2D eigenvalue weighted by molar-refractivity contribution is -0.137. The summed E-state index contributed by atoms with van der Waals surface area (Å²) in [6.07, 6.45) is -2.67. The van der Waals surface area contributed by atoms with Gasteiger partial charge in [-0.25, -0.2) is 4.98 Å². The van der Waals surface area contributed by atoms with Crippen LogP contribution in [0.5, 0.6) is 0 Å². The first-order valence-corrected chi connectivity index (χ1v) is 6.89. The molecule has 112 valence electrons. The van der Waals surface area contributed by atoms with Crippen LogP contribution in [-0.4, -0.2) is 30.8 Å². The Bertz CT molecular complexity index is 459. The molecule has 1 aromatic rings. The van der Waals surface area contributed by atoms with Crippen molar-refractivity contribution < 1.29 is 17.9 Å². The minimum Gasteiger partial charge on any atom is -0.378 e. The monoisotopic (exact) mass is 308 g/mol. The van der Waals surface area contributed by atoms with Gasteiger partial charge in [0.05, 0.1) is 11.7 Å². The van der Waals surface area contributed by atoms with Crippen molar-refractivity contribution in [2.24, 2.45) is 0 Å². The number of hydrogen-bond acceptors (Lipinski definition) is 3. The second-order valence-electron chi connectivity index (χ2n) is 4.68. The number of pyridine rings is 1. The average Bonchev–Trinajstić information content (AvgIpc) is 2.38. The lowest BCUT2D eigenvalue weighted by Crippen LogP contribution is -2.37. The summed E-state index contributed by atoms with van der Waals surface area (Å²) in [7, 11) is 0. The van der Waals surface area contributed by atoms with Crippen LogP contribution in [0.15, 0.2) is 12.1 Å². The Kier molecular flexibility index (Phi) is 4.75. The molecule has 0 N–H and O–H groups in total. The highest BCUT2D eigenvalue weighted by atomic mass is 35.5. The van der Waals surface area contributed by atoms with Gasteiger partial charge in [0, 0.05) is 19.7 Å². The molecule has 2 rings (SSSR count). The van der Waals surface area contributed by atoms with Gasteiger partial charge in [0.1, 0.15) is 11.0 Å². The van der Waals surface area contributed by atoms with Gasteiger partial charge in [0.2, 0.25) is 0 Å². The van der Waals surface area contributed by atoms with Crippen LogP contribution >= 0.6 is 11.6 Å². The molecule has 1 saturated heterocycles. The largest absolute Gasteiger partial charge is 0.416 e. The summed E-state index contributed by atoms with van der Waals surface area (Å²) in [6, 6.07) is 1.89. The highest BCUT2D eigenvalue weighted by Gasteiger charge is 2.32. The Balaban J connectivity index is 2.12. The fourth-order valence-corrected chi connectivity index (χ4v) is 2.50. The fraction of sp³-hybridized carbons (Fsp3) is 0.615. The van der Waals surface area contributed by atoms with Gasteiger partial charge in [-0.2, -0.15) is 13.2 Å². The lowest BCUT2D eigenvalue weighted by Gasteiger charge is -2.32. The molecule has 0 amide bonds. The summed E-state index contributed by atoms with van der Waals surface area (Å²) in [5, 5.41) is -0.137. The molecule has 0 radical (unpaired) electrons. The van der Waals surface area contributed by atoms with Gasteiger partial charge in [-0.3, -0.25) is 0 Å². The number of piperidine rings is 1. The van der Waals surface area contributed by atoms with Crippen molar-refractivity contribution in [3.05, 3.63) is 22.8 Å². The molecule has 2 heterocycles. The van der Waals surface area contributed by atoms with Gasteiger partial charge < -0.3 is 9.64 Å². The average molecular weight is 309 g/mol. The van der Waals surface area contributed by atoms with E-state index in [2.05, 4.69) is 4.98 Å². The summed E-state index contributed by atoms with van der Waals surface area (Å²) in [5.74, 6) is 0.278. The van der Waals surface area contributed by atoms with Crippen LogP contribution in [0.25, 0.3) is 0 Å². The molecule has 0 aromatic carbocycles. The zero-order valence-electron chi connectivity index (χ0n) is 11.1. The molecule has 1 aliphatic heterocycles. The molecule has 1 fully saturated rings. The first-order valence-electron chi connectivity index (χ1n) is 6.51. The van der Waals surface area contributed by atoms with Gasteiger partial charge in [-0.15, -0.1) is 0 Å². The zero-order chi connectivity index (χ0) is 14.8. The van der Waals surface area contributed by atoms with E-state index in [1.54, 1.807) is 0 Å². The molecule has 3 nitrogen and oxygen atoms in total. The third-order valence-corrected chi connectivity index (χ3v) is 3.47. The van der Waals surface area contributed by atoms with Gasteiger partial charge in [0.25, 0.3) is 0 Å². The molecule has 1 aliphatic rings. The molecular weight excluding hydrogens is 293 g/mol. The summed E-state index contributed by atoms with van der Waals surface area (Å²) in [5.41, 5.74) is -0.764. The van der Waals surface area contributed by atoms with Crippen molar-refractivity contribution in [3.63, 3.8) is 0 Å². The predicted molar refractivity (Wildman–Crippen MR) is 71.1 cm³/mol. The summed E-state index contributed by atoms with van der Waals surface area (Å²) >= 11 is 5.69. The standard InChI is InChI=1S/C13H16ClF3N2O/c1-2-20-10-3-5-19(6-4-10)12-8-9(13(15,16)17)7-11(14)18-12/h7-8,10H,2-6H2,1H3. The number of ether oxygens (including phenoxy) is 1. The van der Waals surface area contributed by atoms with E-state index in [1.165, 1.54) is 0 Å². The fourth-order valence-electron chi connectivity index (χ4n) is 2.30. The summed E-state index contributed by atoms with van der Waals surface area (Å²) in [6.45, 7) is 3.82. The van der Waals surface area contributed by atoms with E-state index in [0.29, 0.717) is 19.7 Å². The molecule has 0 bridgehead atoms. The Hall–Kier alpha value is -1.01. The van der Waals surface area contributed by atoms with E-state index >= 15 is 0 Å². The van der Waals surface area contributed by atoms with E-state index in [9.17, 15) is 13.2 Å². The van der Waals surface area contributed by atoms with E-state index < -0.39 is 11.7 Å². The first kappa shape index (κ1) is 15.4. The lowest BCUT2D eigenvalue weighted by atomic mass is 10.1. The SMILES string of the molecule is CCOC1CCN(c2cc(C(F)(F)F)cc(Cl)n2)CC1. The molecule has 20 heavy (non-hydrogen) atoms. The van der Waals surface area contributed by atoms with Gasteiger partial charge in [-0.1, -0.05) is 11.6 Å². The van der Waals surface area contributed by atoms with Crippen LogP contribution in [0.2, 0.25) is 5.15 Å². The van der Waals surface area contributed by atoms with Gasteiger partial charge in [-0.05, 0) is 31.9 Å². The minimum atomic E-state index is -4.41. The maximum absolute atomic E-state index is 12.8. The molecular formula is C13H16ClF3N2O. The highest BCUT2D eigenvalue weighted by Crippen LogP contribution is 2.33. The number of halogens is 4. The van der Waals surface area contributed by atoms with Gasteiger partial charge >= 0.3 is 6.18 Å². The molecule has 0 unspecified atom stereocenters. The highest BCUT2D eigenvalue weighted by molar-refractivity contribution is 6.29. The van der Waals surface area contributed by atoms with Crippen LogP contribution in [0.1, 0.15) is 25.3 Å². The quantitative estimate of drug-likeness (QED) is 0.795. The van der Waals surface area contributed by atoms with E-state index in [0.717, 1.165) is 25.0 Å². The normalized spacial score (nSPS) is 17.6. The Labute approximate surface area is 120 Å². The van der Waals surface area contributed by atoms with Crippen molar-refractivity contribution in [3.8, 4) is 0 Å². The van der Waals surface area contributed by atoms with Crippen LogP contribution in [0.3, 0.4) is 0 Å². The molecule has 7 heteroatoms. The van der Waals surface area contributed by atoms with Crippen LogP contribution in [0, 0.1) is 0 Å². The number of alkyl halides is 3. The minimum absolute atomic E-state index is 0.137. The molecule has 0 atom stereocenters. The van der Waals surface area contributed by atoms with Crippen LogP contribution in [-0.2, 0) is 10.9 Å². The zero-order valence-corrected chi connectivity index (χ0v) is 11.8. The molecule has 0 saturated carbocycles. The Morgan fingerprint density at radius 1 is 1.35 bits per heavy atom. The van der Waals surface area contributed by atoms with Crippen molar-refractivity contribution in [2.75, 3.05) is 24.6 Å². The Morgan fingerprint density at radius 3 is 2.55 bits per heavy atom. The Morgan fingerprint density at radius 2 is 2.00 bits per heavy atom. The third kappa shape index (κ3) is 3.76. The van der Waals surface area contributed by atoms with Crippen molar-refractivity contribution in [1.82, 2.24) is 4.98 Å². The van der Waals surface area contributed by atoms with Gasteiger partial charge in [0.15, 0.2) is 0 Å². The van der Waals surface area contributed by atoms with Crippen LogP contribution < -0.4 is 4.90 Å². The van der Waals surface area contributed by atoms with E-state index in [1.807, 2.05) is 11.8 Å². The topological polar surface area (TPSA) is 25.4 Å². The second-order valence-corrected chi connectivity index (χ2v) is 5.06. The molecule has 1 aromatic heterocycles. The number of rotatable bonds is 3. The van der Waals surface area contributed by atoms with E-state index in [-0.39, 0.29) is 17.1 Å². The molecule has 0 spiro atoms. The van der Waals surface area contributed by atoms with Crippen molar-refractivity contribution in [1.29, 1.82) is 0 Å². The number of aromatic nitrogens is 1. The van der Waals surface area contributed by atoms with E-state index in [4.69, 9.17) is 16.3 Å². The smallest absolute Gasteiger partial charge is 0.378 e.